The van der Waals surface area contributed by atoms with E-state index in [-0.39, 0.29) is 18.1 Å². The Kier molecular flexibility index (Phi) is 9.65. The monoisotopic (exact) mass is 455 g/mol. The molecule has 0 aliphatic carbocycles. The van der Waals surface area contributed by atoms with Crippen LogP contribution in [0.1, 0.15) is 37.5 Å². The number of benzene rings is 1. The number of azide groups is 1. The molecule has 0 saturated heterocycles. The van der Waals surface area contributed by atoms with E-state index in [2.05, 4.69) is 43.9 Å². The van der Waals surface area contributed by atoms with Crippen LogP contribution in [0.15, 0.2) is 5.11 Å². The molecule has 0 aliphatic rings. The van der Waals surface area contributed by atoms with Crippen molar-refractivity contribution in [2.24, 2.45) is 5.11 Å². The maximum absolute atomic E-state index is 10.2. The van der Waals surface area contributed by atoms with Crippen LogP contribution < -0.4 is 14.2 Å². The highest BCUT2D eigenvalue weighted by Gasteiger charge is 2.38. The third-order valence-corrected chi connectivity index (χ3v) is 10.5. The Bertz CT molecular complexity index is 804. The fourth-order valence-electron chi connectivity index (χ4n) is 3.14. The fourth-order valence-corrected chi connectivity index (χ4v) is 4.08. The Morgan fingerprint density at radius 1 is 1.03 bits per heavy atom. The molecule has 0 bridgehead atoms. The molecule has 0 spiro atoms. The number of rotatable bonds is 11. The largest absolute Gasteiger partial charge is 0.496 e. The summed E-state index contributed by atoms with van der Waals surface area (Å²) in [7, 11) is 2.54. The predicted molar refractivity (Wildman–Crippen MR) is 123 cm³/mol. The van der Waals surface area contributed by atoms with Gasteiger partial charge >= 0.3 is 0 Å². The fraction of sp³-hybridized carbons (Fsp3) is 0.714. The van der Waals surface area contributed by atoms with E-state index in [0.29, 0.717) is 33.9 Å². The summed E-state index contributed by atoms with van der Waals surface area (Å²) in [6, 6.07) is -0.895. The van der Waals surface area contributed by atoms with Gasteiger partial charge in [-0.2, -0.15) is 0 Å². The van der Waals surface area contributed by atoms with E-state index in [1.54, 1.807) is 21.3 Å². The summed E-state index contributed by atoms with van der Waals surface area (Å²) in [6.07, 6.45) is -1.09. The number of aliphatic hydroxyl groups excluding tert-OH is 2. The van der Waals surface area contributed by atoms with E-state index in [1.165, 1.54) is 0 Å². The van der Waals surface area contributed by atoms with Gasteiger partial charge in [-0.25, -0.2) is 0 Å². The SMILES string of the molecule is COc1c(C)c(OC)c(OC)c(CO[Si](C)(C)C(C)(C)C)c1C[C@@H](N=[N+]=[N-])[C@H](O)CO. The summed E-state index contributed by atoms with van der Waals surface area (Å²) in [5.74, 6) is 1.57. The van der Waals surface area contributed by atoms with Crippen molar-refractivity contribution in [3.8, 4) is 17.2 Å². The summed E-state index contributed by atoms with van der Waals surface area (Å²) < 4.78 is 23.5. The molecule has 31 heavy (non-hydrogen) atoms. The molecule has 176 valence electrons. The number of hydrogen-bond donors (Lipinski definition) is 2. The lowest BCUT2D eigenvalue weighted by Crippen LogP contribution is -2.40. The first kappa shape index (κ1) is 27.1. The van der Waals surface area contributed by atoms with Crippen LogP contribution in [0.2, 0.25) is 18.1 Å². The van der Waals surface area contributed by atoms with Gasteiger partial charge in [-0.05, 0) is 37.0 Å². The van der Waals surface area contributed by atoms with Crippen LogP contribution in [0.3, 0.4) is 0 Å². The molecule has 0 radical (unpaired) electrons. The molecule has 0 heterocycles. The summed E-state index contributed by atoms with van der Waals surface area (Å²) in [5, 5.41) is 23.3. The van der Waals surface area contributed by atoms with Gasteiger partial charge in [0.25, 0.3) is 0 Å². The molecule has 0 aromatic heterocycles. The van der Waals surface area contributed by atoms with Gasteiger partial charge in [0.1, 0.15) is 5.75 Å². The van der Waals surface area contributed by atoms with Gasteiger partial charge in [0.05, 0.1) is 46.7 Å². The average molecular weight is 456 g/mol. The summed E-state index contributed by atoms with van der Waals surface area (Å²) >= 11 is 0. The van der Waals surface area contributed by atoms with Crippen LogP contribution in [0.5, 0.6) is 17.2 Å². The first-order valence-electron chi connectivity index (χ1n) is 10.2. The maximum Gasteiger partial charge on any atom is 0.192 e. The zero-order valence-electron chi connectivity index (χ0n) is 20.1. The van der Waals surface area contributed by atoms with Crippen molar-refractivity contribution in [1.82, 2.24) is 0 Å². The smallest absolute Gasteiger partial charge is 0.192 e. The van der Waals surface area contributed by atoms with E-state index >= 15 is 0 Å². The molecule has 0 fully saturated rings. The van der Waals surface area contributed by atoms with Gasteiger partial charge in [0, 0.05) is 21.6 Å². The van der Waals surface area contributed by atoms with Gasteiger partial charge in [-0.15, -0.1) is 0 Å². The van der Waals surface area contributed by atoms with Crippen molar-refractivity contribution < 1.29 is 28.8 Å². The minimum atomic E-state index is -2.11. The Morgan fingerprint density at radius 2 is 1.58 bits per heavy atom. The first-order chi connectivity index (χ1) is 14.4. The van der Waals surface area contributed by atoms with Crippen molar-refractivity contribution >= 4 is 8.32 Å². The second-order valence-corrected chi connectivity index (χ2v) is 13.8. The van der Waals surface area contributed by atoms with Crippen molar-refractivity contribution in [2.75, 3.05) is 27.9 Å². The second kappa shape index (κ2) is 11.1. The van der Waals surface area contributed by atoms with Crippen molar-refractivity contribution in [3.63, 3.8) is 0 Å². The molecule has 1 aromatic carbocycles. The van der Waals surface area contributed by atoms with Crippen LogP contribution in [0.25, 0.3) is 10.4 Å². The number of aliphatic hydroxyl groups is 2. The highest BCUT2D eigenvalue weighted by Crippen LogP contribution is 2.46. The maximum atomic E-state index is 10.2. The number of methoxy groups -OCH3 is 3. The Morgan fingerprint density at radius 3 is 2.00 bits per heavy atom. The Balaban J connectivity index is 3.71. The lowest BCUT2D eigenvalue weighted by atomic mass is 9.93. The minimum absolute atomic E-state index is 0.0000125. The normalized spacial score (nSPS) is 13.9. The zero-order valence-corrected chi connectivity index (χ0v) is 21.1. The standard InChI is InChI=1S/C21H37N3O6Si/c1-13-18(27-5)14(10-16(23-24-22)17(26)11-25)15(20(29-7)19(13)28-6)12-30-31(8,9)21(2,3)4/h16-17,25-26H,10-12H2,1-9H3/t16-,17-/m1/s1. The quantitative estimate of drug-likeness (QED) is 0.224. The molecule has 10 heteroatoms. The molecular weight excluding hydrogens is 418 g/mol. The molecule has 0 unspecified atom stereocenters. The third kappa shape index (κ3) is 6.05. The van der Waals surface area contributed by atoms with Crippen molar-refractivity contribution in [1.29, 1.82) is 0 Å². The van der Waals surface area contributed by atoms with E-state index in [4.69, 9.17) is 24.2 Å². The van der Waals surface area contributed by atoms with E-state index < -0.39 is 27.1 Å². The van der Waals surface area contributed by atoms with Crippen LogP contribution in [0.4, 0.5) is 0 Å². The van der Waals surface area contributed by atoms with Crippen LogP contribution in [-0.4, -0.2) is 58.6 Å². The van der Waals surface area contributed by atoms with Crippen molar-refractivity contribution in [2.45, 2.75) is 71.0 Å². The van der Waals surface area contributed by atoms with Gasteiger partial charge in [0.2, 0.25) is 0 Å². The number of ether oxygens (including phenoxy) is 3. The second-order valence-electron chi connectivity index (χ2n) is 8.96. The predicted octanol–water partition coefficient (Wildman–Crippen LogP) is 4.12. The van der Waals surface area contributed by atoms with E-state index in [1.807, 2.05) is 6.92 Å². The lowest BCUT2D eigenvalue weighted by Gasteiger charge is -2.36. The Hall–Kier alpha value is -1.97. The van der Waals surface area contributed by atoms with Gasteiger partial charge < -0.3 is 28.8 Å². The molecule has 2 N–H and O–H groups in total. The van der Waals surface area contributed by atoms with Crippen LogP contribution in [0, 0.1) is 6.92 Å². The van der Waals surface area contributed by atoms with E-state index in [0.717, 1.165) is 0 Å². The highest BCUT2D eigenvalue weighted by atomic mass is 28.4. The molecule has 2 atom stereocenters. The molecular formula is C21H37N3O6Si. The van der Waals surface area contributed by atoms with Gasteiger partial charge in [-0.3, -0.25) is 0 Å². The minimum Gasteiger partial charge on any atom is -0.496 e. The van der Waals surface area contributed by atoms with Crippen LogP contribution >= 0.6 is 0 Å². The first-order valence-corrected chi connectivity index (χ1v) is 13.1. The molecule has 1 aromatic rings. The number of hydrogen-bond acceptors (Lipinski definition) is 7. The highest BCUT2D eigenvalue weighted by molar-refractivity contribution is 6.74. The van der Waals surface area contributed by atoms with Gasteiger partial charge in [0.15, 0.2) is 19.8 Å². The average Bonchev–Trinajstić information content (AvgIpc) is 2.70. The van der Waals surface area contributed by atoms with Crippen molar-refractivity contribution in [3.05, 3.63) is 27.1 Å². The molecule has 0 saturated carbocycles. The van der Waals surface area contributed by atoms with Gasteiger partial charge in [-0.1, -0.05) is 25.9 Å². The summed E-state index contributed by atoms with van der Waals surface area (Å²) in [6.45, 7) is 12.3. The van der Waals surface area contributed by atoms with E-state index in [9.17, 15) is 10.2 Å². The summed E-state index contributed by atoms with van der Waals surface area (Å²) in [5.41, 5.74) is 11.1. The third-order valence-electron chi connectivity index (χ3n) is 6.04. The Labute approximate surface area is 186 Å². The number of nitrogens with zero attached hydrogens (tertiary/aromatic N) is 3. The topological polar surface area (TPSA) is 126 Å². The zero-order chi connectivity index (χ0) is 24.0. The molecule has 1 rings (SSSR count). The molecule has 9 nitrogen and oxygen atoms in total. The lowest BCUT2D eigenvalue weighted by molar-refractivity contribution is 0.0740. The van der Waals surface area contributed by atoms with Crippen LogP contribution in [-0.2, 0) is 17.5 Å². The molecule has 0 amide bonds. The summed E-state index contributed by atoms with van der Waals surface area (Å²) in [4.78, 5) is 2.84. The molecule has 0 aliphatic heterocycles.